The number of halogens is 1. The molecule has 0 radical (unpaired) electrons. The lowest BCUT2D eigenvalue weighted by Gasteiger charge is -2.26. The van der Waals surface area contributed by atoms with Crippen LogP contribution in [0, 0.1) is 11.2 Å². The molecule has 0 spiro atoms. The van der Waals surface area contributed by atoms with Crippen molar-refractivity contribution in [2.45, 2.75) is 65.5 Å². The van der Waals surface area contributed by atoms with Crippen LogP contribution in [0.5, 0.6) is 5.75 Å². The Bertz CT molecular complexity index is 1530. The first kappa shape index (κ1) is 34.1. The van der Waals surface area contributed by atoms with E-state index < -0.39 is 23.7 Å². The van der Waals surface area contributed by atoms with Crippen LogP contribution in [0.1, 0.15) is 78.3 Å². The zero-order valence-corrected chi connectivity index (χ0v) is 27.0. The molecule has 3 aromatic rings. The van der Waals surface area contributed by atoms with Crippen LogP contribution in [-0.2, 0) is 22.6 Å². The number of hydrogen-bond acceptors (Lipinski definition) is 5. The summed E-state index contributed by atoms with van der Waals surface area (Å²) in [6, 6.07) is 17.1. The summed E-state index contributed by atoms with van der Waals surface area (Å²) in [7, 11) is 1.79. The molecule has 9 nitrogen and oxygen atoms in total. The van der Waals surface area contributed by atoms with Crippen molar-refractivity contribution in [1.82, 2.24) is 15.5 Å². The highest BCUT2D eigenvalue weighted by molar-refractivity contribution is 6.01. The summed E-state index contributed by atoms with van der Waals surface area (Å²) in [5, 5.41) is 8.37. The predicted molar refractivity (Wildman–Crippen MR) is 175 cm³/mol. The van der Waals surface area contributed by atoms with Crippen molar-refractivity contribution < 1.29 is 28.3 Å². The molecule has 4 aliphatic heterocycles. The quantitative estimate of drug-likeness (QED) is 0.329. The molecule has 0 aliphatic carbocycles. The Morgan fingerprint density at radius 2 is 1.57 bits per heavy atom. The summed E-state index contributed by atoms with van der Waals surface area (Å²) in [5.41, 5.74) is 1.89. The maximum Gasteiger partial charge on any atom is 0.254 e. The van der Waals surface area contributed by atoms with Gasteiger partial charge in [0.1, 0.15) is 17.6 Å². The minimum absolute atomic E-state index is 0.0445. The molecule has 6 bridgehead atoms. The largest absolute Gasteiger partial charge is 0.494 e. The van der Waals surface area contributed by atoms with Gasteiger partial charge in [0.15, 0.2) is 0 Å². The zero-order valence-electron chi connectivity index (χ0n) is 27.0. The minimum atomic E-state index is -0.943. The molecule has 7 rings (SSSR count). The second-order valence-electron chi connectivity index (χ2n) is 12.9. The van der Waals surface area contributed by atoms with Crippen molar-refractivity contribution in [2.24, 2.45) is 5.41 Å². The molecule has 0 saturated heterocycles. The molecule has 10 heteroatoms. The number of amides is 4. The number of ether oxygens (including phenoxy) is 1. The molecule has 3 aromatic carbocycles. The SMILES string of the molecule is CN1CCCCOc2ccc(cc2)C(=O)NCc2ccc(F)c(c2)C(=O)N[C@@H](CC(C)(C)C)C(=O)Nc2ccc(cc2)CCC1=O. The first-order valence-electron chi connectivity index (χ1n) is 15.6. The number of nitrogens with zero attached hydrogens (tertiary/aromatic N) is 1. The normalized spacial score (nSPS) is 17.8. The molecule has 4 heterocycles. The third kappa shape index (κ3) is 10.2. The number of aryl methyl sites for hydroxylation is 1. The lowest BCUT2D eigenvalue weighted by atomic mass is 9.87. The van der Waals surface area contributed by atoms with Crippen LogP contribution >= 0.6 is 0 Å². The van der Waals surface area contributed by atoms with Gasteiger partial charge >= 0.3 is 0 Å². The molecular weight excluding hydrogens is 587 g/mol. The number of carbonyl (C=O) groups is 4. The van der Waals surface area contributed by atoms with E-state index in [0.29, 0.717) is 55.0 Å². The molecular formula is C36H43FN4O5. The fourth-order valence-electron chi connectivity index (χ4n) is 5.09. The lowest BCUT2D eigenvalue weighted by molar-refractivity contribution is -0.130. The molecule has 0 aromatic heterocycles. The van der Waals surface area contributed by atoms with Crippen LogP contribution in [-0.4, -0.2) is 54.8 Å². The Balaban J connectivity index is 1.55. The standard InChI is InChI=1S/C36H43FN4O5/c1-36(2,3)22-31-35(45)39-27-13-7-24(8-14-27)10-18-32(42)41(4)19-5-6-20-46-28-15-11-26(12-16-28)33(43)38-23-25-9-17-30(37)29(21-25)34(44)40-31/h7-9,11-17,21,31H,5-6,10,18-20,22-23H2,1-4H3,(H,38,43)(H,39,45)(H,40,44)/t31-/m0/s1. The van der Waals surface area contributed by atoms with Gasteiger partial charge in [-0.2, -0.15) is 0 Å². The van der Waals surface area contributed by atoms with Gasteiger partial charge in [0, 0.05) is 37.8 Å². The first-order chi connectivity index (χ1) is 21.9. The molecule has 4 aliphatic rings. The smallest absolute Gasteiger partial charge is 0.254 e. The van der Waals surface area contributed by atoms with E-state index in [1.54, 1.807) is 48.3 Å². The van der Waals surface area contributed by atoms with Crippen LogP contribution in [0.4, 0.5) is 10.1 Å². The van der Waals surface area contributed by atoms with Gasteiger partial charge in [-0.15, -0.1) is 0 Å². The van der Waals surface area contributed by atoms with Gasteiger partial charge < -0.3 is 25.6 Å². The summed E-state index contributed by atoms with van der Waals surface area (Å²) in [6.07, 6.45) is 2.78. The van der Waals surface area contributed by atoms with E-state index in [0.717, 1.165) is 18.4 Å². The highest BCUT2D eigenvalue weighted by atomic mass is 19.1. The average molecular weight is 631 g/mol. The van der Waals surface area contributed by atoms with E-state index >= 15 is 0 Å². The number of carbonyl (C=O) groups excluding carboxylic acids is 4. The van der Waals surface area contributed by atoms with E-state index in [1.165, 1.54) is 18.2 Å². The summed E-state index contributed by atoms with van der Waals surface area (Å²) >= 11 is 0. The van der Waals surface area contributed by atoms with Gasteiger partial charge in [0.25, 0.3) is 11.8 Å². The Labute approximate surface area is 269 Å². The number of anilines is 1. The van der Waals surface area contributed by atoms with Crippen molar-refractivity contribution >= 4 is 29.3 Å². The minimum Gasteiger partial charge on any atom is -0.494 e. The number of rotatable bonds is 1. The maximum atomic E-state index is 14.9. The Morgan fingerprint density at radius 1 is 0.870 bits per heavy atom. The average Bonchev–Trinajstić information content (AvgIpc) is 3.02. The molecule has 1 atom stereocenters. The molecule has 244 valence electrons. The van der Waals surface area contributed by atoms with E-state index in [1.807, 2.05) is 32.9 Å². The number of hydrogen-bond donors (Lipinski definition) is 3. The van der Waals surface area contributed by atoms with Crippen molar-refractivity contribution in [3.8, 4) is 5.75 Å². The highest BCUT2D eigenvalue weighted by Crippen LogP contribution is 2.23. The van der Waals surface area contributed by atoms with Crippen LogP contribution < -0.4 is 20.7 Å². The predicted octanol–water partition coefficient (Wildman–Crippen LogP) is 5.49. The van der Waals surface area contributed by atoms with Gasteiger partial charge in [0.05, 0.1) is 12.2 Å². The second kappa shape index (κ2) is 15.5. The summed E-state index contributed by atoms with van der Waals surface area (Å²) in [5.74, 6) is -1.56. The van der Waals surface area contributed by atoms with Crippen molar-refractivity contribution in [1.29, 1.82) is 0 Å². The lowest BCUT2D eigenvalue weighted by Crippen LogP contribution is -2.46. The third-order valence-electron chi connectivity index (χ3n) is 7.71. The number of benzene rings is 3. The fraction of sp³-hybridized carbons (Fsp3) is 0.389. The van der Waals surface area contributed by atoms with E-state index in [2.05, 4.69) is 16.0 Å². The first-order valence-corrected chi connectivity index (χ1v) is 15.6. The van der Waals surface area contributed by atoms with Gasteiger partial charge in [-0.1, -0.05) is 39.0 Å². The second-order valence-corrected chi connectivity index (χ2v) is 12.9. The van der Waals surface area contributed by atoms with E-state index in [-0.39, 0.29) is 29.3 Å². The van der Waals surface area contributed by atoms with Crippen molar-refractivity contribution in [3.05, 3.63) is 94.8 Å². The van der Waals surface area contributed by atoms with Crippen molar-refractivity contribution in [2.75, 3.05) is 25.5 Å². The maximum absolute atomic E-state index is 14.9. The monoisotopic (exact) mass is 630 g/mol. The van der Waals surface area contributed by atoms with Gasteiger partial charge in [-0.05, 0) is 90.8 Å². The molecule has 0 fully saturated rings. The van der Waals surface area contributed by atoms with Gasteiger partial charge in [0.2, 0.25) is 11.8 Å². The van der Waals surface area contributed by atoms with Crippen LogP contribution in [0.2, 0.25) is 0 Å². The van der Waals surface area contributed by atoms with Crippen molar-refractivity contribution in [3.63, 3.8) is 0 Å². The Hall–Kier alpha value is -4.73. The van der Waals surface area contributed by atoms with Gasteiger partial charge in [-0.25, -0.2) is 4.39 Å². The highest BCUT2D eigenvalue weighted by Gasteiger charge is 2.28. The molecule has 0 saturated carbocycles. The molecule has 3 N–H and O–H groups in total. The molecule has 4 amide bonds. The fourth-order valence-corrected chi connectivity index (χ4v) is 5.09. The van der Waals surface area contributed by atoms with Crippen LogP contribution in [0.25, 0.3) is 0 Å². The summed E-state index contributed by atoms with van der Waals surface area (Å²) in [4.78, 5) is 53.9. The van der Waals surface area contributed by atoms with Crippen LogP contribution in [0.3, 0.4) is 0 Å². The topological polar surface area (TPSA) is 117 Å². The Kier molecular flexibility index (Phi) is 11.5. The Morgan fingerprint density at radius 3 is 2.26 bits per heavy atom. The summed E-state index contributed by atoms with van der Waals surface area (Å²) < 4.78 is 20.7. The molecule has 46 heavy (non-hydrogen) atoms. The third-order valence-corrected chi connectivity index (χ3v) is 7.71. The van der Waals surface area contributed by atoms with Gasteiger partial charge in [-0.3, -0.25) is 19.2 Å². The van der Waals surface area contributed by atoms with E-state index in [9.17, 15) is 23.6 Å². The molecule has 0 unspecified atom stereocenters. The van der Waals surface area contributed by atoms with E-state index in [4.69, 9.17) is 4.74 Å². The van der Waals surface area contributed by atoms with Crippen LogP contribution in [0.15, 0.2) is 66.7 Å². The summed E-state index contributed by atoms with van der Waals surface area (Å²) in [6.45, 7) is 7.01. The zero-order chi connectivity index (χ0) is 33.3. The number of nitrogens with one attached hydrogen (secondary N) is 3.